The van der Waals surface area contributed by atoms with Gasteiger partial charge in [0.1, 0.15) is 0 Å². The van der Waals surface area contributed by atoms with Gasteiger partial charge in [0, 0.05) is 24.4 Å². The summed E-state index contributed by atoms with van der Waals surface area (Å²) in [5.41, 5.74) is 1.42. The van der Waals surface area contributed by atoms with E-state index < -0.39 is 0 Å². The van der Waals surface area contributed by atoms with E-state index in [4.69, 9.17) is 14.0 Å². The van der Waals surface area contributed by atoms with E-state index in [1.807, 2.05) is 12.1 Å². The number of nitrogens with zero attached hydrogens (tertiary/aromatic N) is 3. The van der Waals surface area contributed by atoms with Crippen LogP contribution in [0.2, 0.25) is 0 Å². The van der Waals surface area contributed by atoms with Crippen LogP contribution in [-0.4, -0.2) is 33.6 Å². The molecule has 1 amide bonds. The standard InChI is InChI=1S/C19H18N4O4S/c1-2-3-16-22-19(27-23-16)12-4-7-18(20-9-12)28-10-17(24)21-13-5-6-14-15(8-13)26-11-25-14/h4-9H,2-3,10-11H2,1H3,(H,21,24). The number of benzene rings is 1. The first kappa shape index (κ1) is 18.3. The van der Waals surface area contributed by atoms with Gasteiger partial charge in [-0.1, -0.05) is 23.8 Å². The number of amides is 1. The van der Waals surface area contributed by atoms with Gasteiger partial charge < -0.3 is 19.3 Å². The quantitative estimate of drug-likeness (QED) is 0.603. The van der Waals surface area contributed by atoms with Crippen molar-refractivity contribution in [3.8, 4) is 23.0 Å². The molecule has 1 aliphatic heterocycles. The first-order chi connectivity index (χ1) is 13.7. The topological polar surface area (TPSA) is 99.4 Å². The maximum absolute atomic E-state index is 12.2. The minimum absolute atomic E-state index is 0.129. The predicted octanol–water partition coefficient (Wildman–Crippen LogP) is 3.54. The fourth-order valence-electron chi connectivity index (χ4n) is 2.60. The smallest absolute Gasteiger partial charge is 0.259 e. The molecule has 1 aromatic carbocycles. The lowest BCUT2D eigenvalue weighted by atomic mass is 10.3. The number of nitrogens with one attached hydrogen (secondary N) is 1. The molecule has 0 saturated heterocycles. The van der Waals surface area contributed by atoms with Crippen molar-refractivity contribution in [1.29, 1.82) is 0 Å². The Hall–Kier alpha value is -3.07. The average molecular weight is 398 g/mol. The van der Waals surface area contributed by atoms with E-state index in [0.29, 0.717) is 28.9 Å². The average Bonchev–Trinajstić information content (AvgIpc) is 3.36. The Morgan fingerprint density at radius 1 is 1.21 bits per heavy atom. The molecule has 1 aliphatic rings. The van der Waals surface area contributed by atoms with Crippen LogP contribution in [0.15, 0.2) is 46.1 Å². The van der Waals surface area contributed by atoms with Crippen LogP contribution in [0, 0.1) is 0 Å². The number of fused-ring (bicyclic) bond motifs is 1. The molecule has 0 unspecified atom stereocenters. The van der Waals surface area contributed by atoms with Gasteiger partial charge in [-0.3, -0.25) is 4.79 Å². The second-order valence-electron chi connectivity index (χ2n) is 6.06. The van der Waals surface area contributed by atoms with Crippen molar-refractivity contribution in [3.63, 3.8) is 0 Å². The third-order valence-corrected chi connectivity index (χ3v) is 4.88. The minimum Gasteiger partial charge on any atom is -0.454 e. The van der Waals surface area contributed by atoms with Gasteiger partial charge in [-0.25, -0.2) is 4.98 Å². The van der Waals surface area contributed by atoms with Crippen molar-refractivity contribution in [2.24, 2.45) is 0 Å². The van der Waals surface area contributed by atoms with E-state index >= 15 is 0 Å². The summed E-state index contributed by atoms with van der Waals surface area (Å²) >= 11 is 1.34. The third kappa shape index (κ3) is 4.25. The molecule has 0 atom stereocenters. The highest BCUT2D eigenvalue weighted by molar-refractivity contribution is 7.99. The van der Waals surface area contributed by atoms with Crippen LogP contribution in [0.3, 0.4) is 0 Å². The third-order valence-electron chi connectivity index (χ3n) is 3.93. The molecule has 0 saturated carbocycles. The zero-order valence-corrected chi connectivity index (χ0v) is 16.0. The van der Waals surface area contributed by atoms with Crippen LogP contribution < -0.4 is 14.8 Å². The van der Waals surface area contributed by atoms with Crippen LogP contribution in [0.4, 0.5) is 5.69 Å². The van der Waals surface area contributed by atoms with E-state index in [1.165, 1.54) is 11.8 Å². The maximum atomic E-state index is 12.2. The number of thioether (sulfide) groups is 1. The monoisotopic (exact) mass is 398 g/mol. The number of hydrogen-bond acceptors (Lipinski definition) is 8. The molecule has 2 aromatic heterocycles. The van der Waals surface area contributed by atoms with Gasteiger partial charge in [0.15, 0.2) is 17.3 Å². The summed E-state index contributed by atoms with van der Waals surface area (Å²) in [5, 5.41) is 7.51. The highest BCUT2D eigenvalue weighted by Gasteiger charge is 2.14. The molecule has 9 heteroatoms. The van der Waals surface area contributed by atoms with E-state index in [0.717, 1.165) is 23.4 Å². The van der Waals surface area contributed by atoms with Crippen molar-refractivity contribution >= 4 is 23.4 Å². The lowest BCUT2D eigenvalue weighted by Gasteiger charge is -2.06. The van der Waals surface area contributed by atoms with Crippen molar-refractivity contribution in [3.05, 3.63) is 42.4 Å². The Kier molecular flexibility index (Phi) is 5.43. The molecule has 144 valence electrons. The van der Waals surface area contributed by atoms with Crippen molar-refractivity contribution in [1.82, 2.24) is 15.1 Å². The molecule has 0 radical (unpaired) electrons. The van der Waals surface area contributed by atoms with E-state index in [9.17, 15) is 4.79 Å². The highest BCUT2D eigenvalue weighted by atomic mass is 32.2. The van der Waals surface area contributed by atoms with Gasteiger partial charge >= 0.3 is 0 Å². The van der Waals surface area contributed by atoms with Crippen LogP contribution in [0.5, 0.6) is 11.5 Å². The largest absolute Gasteiger partial charge is 0.454 e. The molecule has 0 fully saturated rings. The molecule has 4 rings (SSSR count). The molecule has 3 aromatic rings. The highest BCUT2D eigenvalue weighted by Crippen LogP contribution is 2.34. The second kappa shape index (κ2) is 8.30. The molecule has 3 heterocycles. The molecule has 28 heavy (non-hydrogen) atoms. The molecule has 1 N–H and O–H groups in total. The molecular weight excluding hydrogens is 380 g/mol. The first-order valence-corrected chi connectivity index (χ1v) is 9.81. The SMILES string of the molecule is CCCc1noc(-c2ccc(SCC(=O)Nc3ccc4c(c3)OCO4)nc2)n1. The predicted molar refractivity (Wildman–Crippen MR) is 103 cm³/mol. The Morgan fingerprint density at radius 3 is 2.93 bits per heavy atom. The Morgan fingerprint density at radius 2 is 2.11 bits per heavy atom. The summed E-state index contributed by atoms with van der Waals surface area (Å²) in [6, 6.07) is 8.98. The molecule has 8 nitrogen and oxygen atoms in total. The van der Waals surface area contributed by atoms with Crippen molar-refractivity contribution < 1.29 is 18.8 Å². The van der Waals surface area contributed by atoms with Gasteiger partial charge in [0.2, 0.25) is 12.7 Å². The lowest BCUT2D eigenvalue weighted by molar-refractivity contribution is -0.113. The van der Waals surface area contributed by atoms with E-state index in [-0.39, 0.29) is 18.5 Å². The zero-order valence-electron chi connectivity index (χ0n) is 15.2. The summed E-state index contributed by atoms with van der Waals surface area (Å²) < 4.78 is 15.8. The number of ether oxygens (including phenoxy) is 2. The fourth-order valence-corrected chi connectivity index (χ4v) is 3.24. The summed E-state index contributed by atoms with van der Waals surface area (Å²) in [4.78, 5) is 20.9. The maximum Gasteiger partial charge on any atom is 0.259 e. The Balaban J connectivity index is 1.31. The number of carbonyl (C=O) groups excluding carboxylic acids is 1. The van der Waals surface area contributed by atoms with Gasteiger partial charge in [-0.05, 0) is 30.7 Å². The summed E-state index contributed by atoms with van der Waals surface area (Å²) in [7, 11) is 0. The summed E-state index contributed by atoms with van der Waals surface area (Å²) in [5.74, 6) is 2.56. The van der Waals surface area contributed by atoms with E-state index in [2.05, 4.69) is 27.4 Å². The van der Waals surface area contributed by atoms with Crippen LogP contribution in [0.25, 0.3) is 11.5 Å². The fraction of sp³-hybridized carbons (Fsp3) is 0.263. The number of pyridine rings is 1. The lowest BCUT2D eigenvalue weighted by Crippen LogP contribution is -2.14. The van der Waals surface area contributed by atoms with Crippen LogP contribution in [-0.2, 0) is 11.2 Å². The van der Waals surface area contributed by atoms with E-state index in [1.54, 1.807) is 24.4 Å². The minimum atomic E-state index is -0.129. The molecule has 0 spiro atoms. The Bertz CT molecular complexity index is 974. The number of hydrogen-bond donors (Lipinski definition) is 1. The van der Waals surface area contributed by atoms with Crippen LogP contribution in [0.1, 0.15) is 19.2 Å². The first-order valence-electron chi connectivity index (χ1n) is 8.82. The van der Waals surface area contributed by atoms with Crippen LogP contribution >= 0.6 is 11.8 Å². The molecular formula is C19H18N4O4S. The molecule has 0 aliphatic carbocycles. The zero-order chi connectivity index (χ0) is 19.3. The summed E-state index contributed by atoms with van der Waals surface area (Å²) in [6.45, 7) is 2.26. The molecule has 0 bridgehead atoms. The normalized spacial score (nSPS) is 12.2. The number of aromatic nitrogens is 3. The number of carbonyl (C=O) groups is 1. The summed E-state index contributed by atoms with van der Waals surface area (Å²) in [6.07, 6.45) is 3.41. The number of rotatable bonds is 7. The van der Waals surface area contributed by atoms with Gasteiger partial charge in [-0.15, -0.1) is 0 Å². The van der Waals surface area contributed by atoms with Gasteiger partial charge in [-0.2, -0.15) is 4.98 Å². The number of anilines is 1. The van der Waals surface area contributed by atoms with Crippen molar-refractivity contribution in [2.75, 3.05) is 17.9 Å². The van der Waals surface area contributed by atoms with Gasteiger partial charge in [0.05, 0.1) is 16.3 Å². The Labute approximate surface area is 165 Å². The number of aryl methyl sites for hydroxylation is 1. The van der Waals surface area contributed by atoms with Gasteiger partial charge in [0.25, 0.3) is 5.89 Å². The van der Waals surface area contributed by atoms with Crippen molar-refractivity contribution in [2.45, 2.75) is 24.8 Å². The second-order valence-corrected chi connectivity index (χ2v) is 7.05.